The van der Waals surface area contributed by atoms with Crippen LogP contribution in [-0.4, -0.2) is 11.5 Å². The molecule has 0 saturated heterocycles. The number of nitrogens with two attached hydrogens (primary N) is 1. The van der Waals surface area contributed by atoms with Gasteiger partial charge in [0.2, 0.25) is 0 Å². The zero-order valence-corrected chi connectivity index (χ0v) is 11.8. The molecule has 0 atom stereocenters. The molecule has 3 N–H and O–H groups in total. The molecule has 0 amide bonds. The maximum atomic E-state index is 5.69. The first-order valence-electron chi connectivity index (χ1n) is 6.58. The fourth-order valence-corrected chi connectivity index (χ4v) is 2.17. The fourth-order valence-electron chi connectivity index (χ4n) is 2.17. The zero-order chi connectivity index (χ0) is 13.8. The van der Waals surface area contributed by atoms with Crippen molar-refractivity contribution >= 4 is 11.5 Å². The van der Waals surface area contributed by atoms with Crippen molar-refractivity contribution in [1.82, 2.24) is 4.98 Å². The Morgan fingerprint density at radius 3 is 2.63 bits per heavy atom. The number of anilines is 2. The van der Waals surface area contributed by atoms with Crippen LogP contribution in [0.15, 0.2) is 30.5 Å². The van der Waals surface area contributed by atoms with Crippen molar-refractivity contribution in [2.75, 3.05) is 17.6 Å². The third kappa shape index (κ3) is 3.47. The Labute approximate surface area is 114 Å². The first-order chi connectivity index (χ1) is 9.06. The normalized spacial score (nSPS) is 10.5. The summed E-state index contributed by atoms with van der Waals surface area (Å²) in [6.07, 6.45) is 2.69. The molecule has 3 nitrogen and oxygen atoms in total. The molecule has 100 valence electrons. The average Bonchev–Trinajstić information content (AvgIpc) is 2.36. The minimum atomic E-state index is 0.706. The maximum Gasteiger partial charge on any atom is 0.129 e. The number of hydrogen-bond donors (Lipinski definition) is 2. The number of rotatable bonds is 4. The van der Waals surface area contributed by atoms with E-state index in [-0.39, 0.29) is 0 Å². The molecule has 1 aromatic carbocycles. The lowest BCUT2D eigenvalue weighted by atomic mass is 10.0. The lowest BCUT2D eigenvalue weighted by Crippen LogP contribution is -2.08. The Bertz CT molecular complexity index is 576. The van der Waals surface area contributed by atoms with E-state index in [9.17, 15) is 0 Å². The standard InChI is InChI=1S/C16H21N3/c1-11-4-5-12(2)14(8-11)6-7-18-16-13(3)9-15(17)10-19-16/h4-5,8-10H,6-7,17H2,1-3H3,(H,18,19). The number of hydrogen-bond acceptors (Lipinski definition) is 3. The van der Waals surface area contributed by atoms with Crippen molar-refractivity contribution in [1.29, 1.82) is 0 Å². The molecule has 0 fully saturated rings. The first kappa shape index (κ1) is 13.4. The van der Waals surface area contributed by atoms with Crippen LogP contribution in [0.25, 0.3) is 0 Å². The third-order valence-electron chi connectivity index (χ3n) is 3.29. The molecule has 3 heteroatoms. The van der Waals surface area contributed by atoms with E-state index in [1.54, 1.807) is 6.20 Å². The van der Waals surface area contributed by atoms with E-state index in [2.05, 4.69) is 42.3 Å². The monoisotopic (exact) mass is 255 g/mol. The quantitative estimate of drug-likeness (QED) is 0.881. The lowest BCUT2D eigenvalue weighted by molar-refractivity contribution is 0.987. The molecule has 2 rings (SSSR count). The smallest absolute Gasteiger partial charge is 0.129 e. The molecule has 1 heterocycles. The molecule has 0 aliphatic carbocycles. The summed E-state index contributed by atoms with van der Waals surface area (Å²) in [5, 5.41) is 3.37. The molecule has 0 unspecified atom stereocenters. The Balaban J connectivity index is 1.98. The van der Waals surface area contributed by atoms with Crippen LogP contribution in [-0.2, 0) is 6.42 Å². The van der Waals surface area contributed by atoms with E-state index in [4.69, 9.17) is 5.73 Å². The Hall–Kier alpha value is -2.03. The topological polar surface area (TPSA) is 50.9 Å². The van der Waals surface area contributed by atoms with Gasteiger partial charge in [-0.25, -0.2) is 4.98 Å². The summed E-state index contributed by atoms with van der Waals surface area (Å²) in [7, 11) is 0. The lowest BCUT2D eigenvalue weighted by Gasteiger charge is -2.11. The highest BCUT2D eigenvalue weighted by Gasteiger charge is 2.02. The zero-order valence-electron chi connectivity index (χ0n) is 11.8. The predicted octanol–water partition coefficient (Wildman–Crippen LogP) is 3.24. The van der Waals surface area contributed by atoms with Gasteiger partial charge < -0.3 is 11.1 Å². The number of nitrogen functional groups attached to an aromatic ring is 1. The summed E-state index contributed by atoms with van der Waals surface area (Å²) < 4.78 is 0. The van der Waals surface area contributed by atoms with Crippen molar-refractivity contribution < 1.29 is 0 Å². The maximum absolute atomic E-state index is 5.69. The van der Waals surface area contributed by atoms with E-state index in [0.29, 0.717) is 5.69 Å². The van der Waals surface area contributed by atoms with Crippen LogP contribution in [0.1, 0.15) is 22.3 Å². The second kappa shape index (κ2) is 5.74. The first-order valence-corrected chi connectivity index (χ1v) is 6.58. The second-order valence-corrected chi connectivity index (χ2v) is 5.04. The summed E-state index contributed by atoms with van der Waals surface area (Å²) in [5.41, 5.74) is 11.5. The molecule has 1 aromatic heterocycles. The Morgan fingerprint density at radius 2 is 1.89 bits per heavy atom. The van der Waals surface area contributed by atoms with Crippen molar-refractivity contribution in [3.05, 3.63) is 52.7 Å². The van der Waals surface area contributed by atoms with Gasteiger partial charge in [0.1, 0.15) is 5.82 Å². The Morgan fingerprint density at radius 1 is 1.11 bits per heavy atom. The van der Waals surface area contributed by atoms with E-state index < -0.39 is 0 Å². The summed E-state index contributed by atoms with van der Waals surface area (Å²) in [6.45, 7) is 7.18. The number of benzene rings is 1. The summed E-state index contributed by atoms with van der Waals surface area (Å²) >= 11 is 0. The number of nitrogens with zero attached hydrogens (tertiary/aromatic N) is 1. The minimum absolute atomic E-state index is 0.706. The summed E-state index contributed by atoms with van der Waals surface area (Å²) in [5.74, 6) is 0.916. The van der Waals surface area contributed by atoms with Crippen LogP contribution >= 0.6 is 0 Å². The molecule has 0 saturated carbocycles. The molecule has 2 aromatic rings. The van der Waals surface area contributed by atoms with Gasteiger partial charge in [-0.1, -0.05) is 23.8 Å². The van der Waals surface area contributed by atoms with Crippen molar-refractivity contribution in [3.63, 3.8) is 0 Å². The van der Waals surface area contributed by atoms with Gasteiger partial charge in [-0.3, -0.25) is 0 Å². The predicted molar refractivity (Wildman–Crippen MR) is 81.5 cm³/mol. The number of aromatic nitrogens is 1. The van der Waals surface area contributed by atoms with Gasteiger partial charge >= 0.3 is 0 Å². The highest BCUT2D eigenvalue weighted by molar-refractivity contribution is 5.50. The minimum Gasteiger partial charge on any atom is -0.397 e. The van der Waals surface area contributed by atoms with Crippen LogP contribution in [0.4, 0.5) is 11.5 Å². The molecule has 19 heavy (non-hydrogen) atoms. The van der Waals surface area contributed by atoms with E-state index in [0.717, 1.165) is 24.3 Å². The fraction of sp³-hybridized carbons (Fsp3) is 0.312. The van der Waals surface area contributed by atoms with Crippen molar-refractivity contribution in [2.24, 2.45) is 0 Å². The van der Waals surface area contributed by atoms with Gasteiger partial charge in [-0.05, 0) is 49.9 Å². The molecular formula is C16H21N3. The SMILES string of the molecule is Cc1ccc(C)c(CCNc2ncc(N)cc2C)c1. The molecule has 0 radical (unpaired) electrons. The number of nitrogens with one attached hydrogen (secondary N) is 1. The van der Waals surface area contributed by atoms with Gasteiger partial charge in [-0.2, -0.15) is 0 Å². The van der Waals surface area contributed by atoms with Crippen LogP contribution in [0.2, 0.25) is 0 Å². The number of pyridine rings is 1. The summed E-state index contributed by atoms with van der Waals surface area (Å²) in [6, 6.07) is 8.52. The van der Waals surface area contributed by atoms with Gasteiger partial charge in [0, 0.05) is 6.54 Å². The molecule has 0 aliphatic heterocycles. The van der Waals surface area contributed by atoms with Gasteiger partial charge in [0.05, 0.1) is 11.9 Å². The molecule has 0 aliphatic rings. The van der Waals surface area contributed by atoms with E-state index in [1.165, 1.54) is 16.7 Å². The second-order valence-electron chi connectivity index (χ2n) is 5.04. The van der Waals surface area contributed by atoms with Gasteiger partial charge in [0.15, 0.2) is 0 Å². The van der Waals surface area contributed by atoms with Crippen molar-refractivity contribution in [3.8, 4) is 0 Å². The summed E-state index contributed by atoms with van der Waals surface area (Å²) in [4.78, 5) is 4.31. The van der Waals surface area contributed by atoms with Crippen LogP contribution in [0.3, 0.4) is 0 Å². The average molecular weight is 255 g/mol. The van der Waals surface area contributed by atoms with Crippen LogP contribution in [0, 0.1) is 20.8 Å². The third-order valence-corrected chi connectivity index (χ3v) is 3.29. The molecule has 0 bridgehead atoms. The van der Waals surface area contributed by atoms with E-state index in [1.807, 2.05) is 13.0 Å². The van der Waals surface area contributed by atoms with Crippen molar-refractivity contribution in [2.45, 2.75) is 27.2 Å². The molecule has 0 spiro atoms. The van der Waals surface area contributed by atoms with E-state index >= 15 is 0 Å². The highest BCUT2D eigenvalue weighted by Crippen LogP contribution is 2.15. The number of aryl methyl sites for hydroxylation is 3. The van der Waals surface area contributed by atoms with Crippen LogP contribution < -0.4 is 11.1 Å². The molecular weight excluding hydrogens is 234 g/mol. The van der Waals surface area contributed by atoms with Crippen LogP contribution in [0.5, 0.6) is 0 Å². The van der Waals surface area contributed by atoms with Gasteiger partial charge in [-0.15, -0.1) is 0 Å². The Kier molecular flexibility index (Phi) is 4.05. The highest BCUT2D eigenvalue weighted by atomic mass is 15.0. The van der Waals surface area contributed by atoms with Gasteiger partial charge in [0.25, 0.3) is 0 Å². The largest absolute Gasteiger partial charge is 0.397 e.